The summed E-state index contributed by atoms with van der Waals surface area (Å²) in [6, 6.07) is 14.6. The average Bonchev–Trinajstić information content (AvgIpc) is 2.82. The Morgan fingerprint density at radius 3 is 2.29 bits per heavy atom. The predicted molar refractivity (Wildman–Crippen MR) is 121 cm³/mol. The Labute approximate surface area is 183 Å². The Hall–Kier alpha value is -2.78. The standard InChI is InChI=1S/C22H29N3O5S/c1-29-20-9-7-19(8-10-20)24-12-14-25(15-13-24)31(27,28)16-4-11-23-22(26)18-5-3-6-21(17-18)30-2/h3,5-10,17H,4,11-16H2,1-2H3,(H,23,26). The molecule has 0 aliphatic carbocycles. The third-order valence-electron chi connectivity index (χ3n) is 5.27. The number of ether oxygens (including phenoxy) is 2. The van der Waals surface area contributed by atoms with Crippen LogP contribution in [0.1, 0.15) is 16.8 Å². The monoisotopic (exact) mass is 447 g/mol. The maximum absolute atomic E-state index is 12.7. The number of rotatable bonds is 9. The summed E-state index contributed by atoms with van der Waals surface area (Å²) >= 11 is 0. The molecule has 2 aromatic carbocycles. The third kappa shape index (κ3) is 6.11. The molecule has 0 atom stereocenters. The minimum absolute atomic E-state index is 0.00786. The Balaban J connectivity index is 1.43. The number of methoxy groups -OCH3 is 2. The van der Waals surface area contributed by atoms with Crippen LogP contribution in [0.25, 0.3) is 0 Å². The van der Waals surface area contributed by atoms with Gasteiger partial charge in [0.15, 0.2) is 0 Å². The highest BCUT2D eigenvalue weighted by Gasteiger charge is 2.26. The first kappa shape index (κ1) is 22.9. The number of benzene rings is 2. The average molecular weight is 448 g/mol. The molecule has 8 nitrogen and oxygen atoms in total. The molecule has 1 N–H and O–H groups in total. The number of hydrogen-bond acceptors (Lipinski definition) is 6. The van der Waals surface area contributed by atoms with Gasteiger partial charge in [0.1, 0.15) is 11.5 Å². The van der Waals surface area contributed by atoms with Crippen molar-refractivity contribution in [3.8, 4) is 11.5 Å². The predicted octanol–water partition coefficient (Wildman–Crippen LogP) is 1.98. The summed E-state index contributed by atoms with van der Waals surface area (Å²) in [5.41, 5.74) is 1.54. The molecule has 1 aliphatic heterocycles. The van der Waals surface area contributed by atoms with Crippen LogP contribution in [-0.2, 0) is 10.0 Å². The molecule has 0 saturated carbocycles. The van der Waals surface area contributed by atoms with Gasteiger partial charge in [0, 0.05) is 44.0 Å². The van der Waals surface area contributed by atoms with Crippen molar-refractivity contribution >= 4 is 21.6 Å². The number of hydrogen-bond donors (Lipinski definition) is 1. The van der Waals surface area contributed by atoms with E-state index in [0.29, 0.717) is 50.5 Å². The van der Waals surface area contributed by atoms with Crippen LogP contribution in [0.15, 0.2) is 48.5 Å². The first-order chi connectivity index (χ1) is 14.9. The molecular formula is C22H29N3O5S. The van der Waals surface area contributed by atoms with Crippen LogP contribution in [0.3, 0.4) is 0 Å². The molecule has 0 spiro atoms. The number of anilines is 1. The molecule has 31 heavy (non-hydrogen) atoms. The van der Waals surface area contributed by atoms with Crippen molar-refractivity contribution < 1.29 is 22.7 Å². The topological polar surface area (TPSA) is 88.2 Å². The van der Waals surface area contributed by atoms with Crippen molar-refractivity contribution in [3.63, 3.8) is 0 Å². The van der Waals surface area contributed by atoms with E-state index >= 15 is 0 Å². The Kier molecular flexibility index (Phi) is 7.75. The van der Waals surface area contributed by atoms with E-state index in [1.165, 1.54) is 4.31 Å². The zero-order valence-corrected chi connectivity index (χ0v) is 18.7. The van der Waals surface area contributed by atoms with Gasteiger partial charge in [0.25, 0.3) is 5.91 Å². The van der Waals surface area contributed by atoms with E-state index in [1.54, 1.807) is 38.5 Å². The molecule has 1 aliphatic rings. The van der Waals surface area contributed by atoms with Crippen molar-refractivity contribution in [1.29, 1.82) is 0 Å². The van der Waals surface area contributed by atoms with E-state index in [-0.39, 0.29) is 11.7 Å². The van der Waals surface area contributed by atoms with Gasteiger partial charge >= 0.3 is 0 Å². The first-order valence-corrected chi connectivity index (χ1v) is 11.8. The molecule has 1 amide bonds. The van der Waals surface area contributed by atoms with E-state index in [2.05, 4.69) is 10.2 Å². The van der Waals surface area contributed by atoms with Gasteiger partial charge in [-0.3, -0.25) is 4.79 Å². The fourth-order valence-electron chi connectivity index (χ4n) is 3.47. The number of nitrogens with one attached hydrogen (secondary N) is 1. The van der Waals surface area contributed by atoms with Crippen LogP contribution in [-0.4, -0.2) is 71.3 Å². The minimum Gasteiger partial charge on any atom is -0.497 e. The molecule has 3 rings (SSSR count). The highest BCUT2D eigenvalue weighted by molar-refractivity contribution is 7.89. The summed E-state index contributed by atoms with van der Waals surface area (Å²) in [6.07, 6.45) is 0.358. The second kappa shape index (κ2) is 10.5. The van der Waals surface area contributed by atoms with Crippen LogP contribution in [0, 0.1) is 0 Å². The van der Waals surface area contributed by atoms with Crippen LogP contribution in [0.5, 0.6) is 11.5 Å². The number of sulfonamides is 1. The lowest BCUT2D eigenvalue weighted by atomic mass is 10.2. The Bertz CT molecular complexity index is 971. The molecule has 9 heteroatoms. The van der Waals surface area contributed by atoms with Crippen LogP contribution in [0.4, 0.5) is 5.69 Å². The molecule has 0 radical (unpaired) electrons. The van der Waals surface area contributed by atoms with Gasteiger partial charge in [-0.25, -0.2) is 8.42 Å². The lowest BCUT2D eigenvalue weighted by Gasteiger charge is -2.35. The lowest BCUT2D eigenvalue weighted by Crippen LogP contribution is -2.49. The number of amides is 1. The summed E-state index contributed by atoms with van der Waals surface area (Å²) < 4.78 is 37.2. The molecule has 1 heterocycles. The fraction of sp³-hybridized carbons (Fsp3) is 0.409. The summed E-state index contributed by atoms with van der Waals surface area (Å²) in [6.45, 7) is 2.46. The summed E-state index contributed by atoms with van der Waals surface area (Å²) in [7, 11) is -0.189. The number of nitrogens with zero attached hydrogens (tertiary/aromatic N) is 2. The van der Waals surface area contributed by atoms with Gasteiger partial charge in [0.2, 0.25) is 10.0 Å². The second-order valence-electron chi connectivity index (χ2n) is 7.24. The van der Waals surface area contributed by atoms with Gasteiger partial charge in [0.05, 0.1) is 20.0 Å². The van der Waals surface area contributed by atoms with Gasteiger partial charge in [-0.05, 0) is 48.9 Å². The number of carbonyl (C=O) groups excluding carboxylic acids is 1. The molecular weight excluding hydrogens is 418 g/mol. The van der Waals surface area contributed by atoms with E-state index in [4.69, 9.17) is 9.47 Å². The van der Waals surface area contributed by atoms with Gasteiger partial charge in [-0.15, -0.1) is 0 Å². The quantitative estimate of drug-likeness (QED) is 0.592. The summed E-state index contributed by atoms with van der Waals surface area (Å²) in [4.78, 5) is 14.4. The SMILES string of the molecule is COc1ccc(N2CCN(S(=O)(=O)CCCNC(=O)c3cccc(OC)c3)CC2)cc1. The maximum atomic E-state index is 12.7. The largest absolute Gasteiger partial charge is 0.497 e. The number of piperazine rings is 1. The lowest BCUT2D eigenvalue weighted by molar-refractivity contribution is 0.0953. The zero-order chi connectivity index (χ0) is 22.3. The van der Waals surface area contributed by atoms with Gasteiger partial charge < -0.3 is 19.7 Å². The maximum Gasteiger partial charge on any atom is 0.251 e. The highest BCUT2D eigenvalue weighted by Crippen LogP contribution is 2.21. The minimum atomic E-state index is -3.36. The smallest absolute Gasteiger partial charge is 0.251 e. The van der Waals surface area contributed by atoms with Crippen LogP contribution in [0.2, 0.25) is 0 Å². The Morgan fingerprint density at radius 2 is 1.65 bits per heavy atom. The fourth-order valence-corrected chi connectivity index (χ4v) is 4.96. The zero-order valence-electron chi connectivity index (χ0n) is 17.9. The van der Waals surface area contributed by atoms with Gasteiger partial charge in [-0.2, -0.15) is 4.31 Å². The first-order valence-electron chi connectivity index (χ1n) is 10.2. The second-order valence-corrected chi connectivity index (χ2v) is 9.33. The molecule has 2 aromatic rings. The van der Waals surface area contributed by atoms with E-state index in [1.807, 2.05) is 24.3 Å². The summed E-state index contributed by atoms with van der Waals surface area (Å²) in [5, 5.41) is 2.77. The normalized spacial score (nSPS) is 14.8. The molecule has 168 valence electrons. The molecule has 1 fully saturated rings. The van der Waals surface area contributed by atoms with E-state index < -0.39 is 10.0 Å². The molecule has 0 aromatic heterocycles. The van der Waals surface area contributed by atoms with Gasteiger partial charge in [-0.1, -0.05) is 6.07 Å². The Morgan fingerprint density at radius 1 is 0.968 bits per heavy atom. The molecule has 0 bridgehead atoms. The highest BCUT2D eigenvalue weighted by atomic mass is 32.2. The van der Waals surface area contributed by atoms with Crippen LogP contribution < -0.4 is 19.7 Å². The summed E-state index contributed by atoms with van der Waals surface area (Å²) in [5.74, 6) is 1.16. The molecule has 0 unspecified atom stereocenters. The van der Waals surface area contributed by atoms with Crippen molar-refractivity contribution in [2.24, 2.45) is 0 Å². The number of carbonyl (C=O) groups is 1. The van der Waals surface area contributed by atoms with Crippen molar-refractivity contribution in [1.82, 2.24) is 9.62 Å². The van der Waals surface area contributed by atoms with Crippen molar-refractivity contribution in [2.45, 2.75) is 6.42 Å². The van der Waals surface area contributed by atoms with E-state index in [0.717, 1.165) is 11.4 Å². The van der Waals surface area contributed by atoms with Crippen molar-refractivity contribution in [3.05, 3.63) is 54.1 Å². The van der Waals surface area contributed by atoms with Crippen LogP contribution >= 0.6 is 0 Å². The van der Waals surface area contributed by atoms with E-state index in [9.17, 15) is 13.2 Å². The van der Waals surface area contributed by atoms with Crippen molar-refractivity contribution in [2.75, 3.05) is 57.6 Å². The third-order valence-corrected chi connectivity index (χ3v) is 7.22. The molecule has 1 saturated heterocycles.